The van der Waals surface area contributed by atoms with Crippen LogP contribution in [0, 0.1) is 5.92 Å². The van der Waals surface area contributed by atoms with Gasteiger partial charge in [-0.15, -0.1) is 0 Å². The molecule has 0 unspecified atom stereocenters. The molecule has 0 radical (unpaired) electrons. The van der Waals surface area contributed by atoms with Crippen LogP contribution in [0.1, 0.15) is 149 Å². The molecule has 15 heteroatoms. The van der Waals surface area contributed by atoms with Crippen LogP contribution in [0.5, 0.6) is 0 Å². The standard InChI is InChI=1S/C53H98N2O10Si3/c1-17-46(64-67(21-5,22-6)23-7)42(13)49-50(61-49)53(16,62-43(14)56)52(15,65-68(24-8,25-9)26-10)34-33-40(11)41(12)47-32-28-30-44(59-51(58)55-37-35-54-36-38-55)29-27-31-45(39-48(57)60-47)63-66(18-2,19-3)20-4/h28,30,33-34,42,44-47,49-50,54H,17-27,29,31-32,35-39H2,1-16H3/b30-28+,34-33+,41-40+/t42-,44-,45-,46+,47-,49-,50-,52-,53-/m1/s1. The fraction of sp³-hybridized carbons (Fsp3) is 0.830. The molecule has 0 bridgehead atoms. The summed E-state index contributed by atoms with van der Waals surface area (Å²) in [7, 11) is -6.32. The van der Waals surface area contributed by atoms with E-state index in [1.54, 1.807) is 4.90 Å². The second kappa shape index (κ2) is 27.6. The lowest BCUT2D eigenvalue weighted by Gasteiger charge is -2.48. The molecule has 2 saturated heterocycles. The highest BCUT2D eigenvalue weighted by Gasteiger charge is 2.66. The minimum atomic E-state index is -2.35. The van der Waals surface area contributed by atoms with E-state index in [1.165, 1.54) is 6.92 Å². The quantitative estimate of drug-likeness (QED) is 0.0234. The summed E-state index contributed by atoms with van der Waals surface area (Å²) in [4.78, 5) is 42.4. The van der Waals surface area contributed by atoms with Gasteiger partial charge in [-0.1, -0.05) is 88.3 Å². The van der Waals surface area contributed by atoms with Crippen LogP contribution in [-0.2, 0) is 41.8 Å². The van der Waals surface area contributed by atoms with Crippen molar-refractivity contribution in [1.82, 2.24) is 10.2 Å². The topological polar surface area (TPSA) is 134 Å². The van der Waals surface area contributed by atoms with E-state index in [0.717, 1.165) is 91.5 Å². The van der Waals surface area contributed by atoms with Gasteiger partial charge in [-0.05, 0) is 131 Å². The third-order valence-electron chi connectivity index (χ3n) is 16.7. The third-order valence-corrected chi connectivity index (χ3v) is 30.8. The molecule has 0 aromatic rings. The maximum atomic E-state index is 14.0. The number of carbonyl (C=O) groups is 3. The Hall–Kier alpha value is -2.12. The van der Waals surface area contributed by atoms with Crippen LogP contribution in [0.2, 0.25) is 54.4 Å². The van der Waals surface area contributed by atoms with Gasteiger partial charge in [0.2, 0.25) is 0 Å². The highest BCUT2D eigenvalue weighted by Crippen LogP contribution is 2.50. The highest BCUT2D eigenvalue weighted by molar-refractivity contribution is 6.74. The van der Waals surface area contributed by atoms with Gasteiger partial charge in [0.25, 0.3) is 0 Å². The lowest BCUT2D eigenvalue weighted by Crippen LogP contribution is -2.62. The Kier molecular flexibility index (Phi) is 24.5. The van der Waals surface area contributed by atoms with E-state index in [9.17, 15) is 14.4 Å². The number of carbonyl (C=O) groups excluding carboxylic acids is 3. The van der Waals surface area contributed by atoms with Crippen LogP contribution in [0.4, 0.5) is 4.79 Å². The Morgan fingerprint density at radius 1 is 0.853 bits per heavy atom. The van der Waals surface area contributed by atoms with Crippen LogP contribution in [0.25, 0.3) is 0 Å². The van der Waals surface area contributed by atoms with Crippen molar-refractivity contribution in [1.29, 1.82) is 0 Å². The number of allylic oxidation sites excluding steroid dienone is 2. The average Bonchev–Trinajstić information content (AvgIpc) is 4.16. The summed E-state index contributed by atoms with van der Waals surface area (Å²) < 4.78 is 47.4. The summed E-state index contributed by atoms with van der Waals surface area (Å²) in [6.45, 7) is 36.7. The number of hydrogen-bond donors (Lipinski definition) is 1. The van der Waals surface area contributed by atoms with Crippen LogP contribution in [0.3, 0.4) is 0 Å². The molecule has 0 spiro atoms. The number of rotatable bonds is 25. The smallest absolute Gasteiger partial charge is 0.410 e. The van der Waals surface area contributed by atoms with Gasteiger partial charge in [0.1, 0.15) is 23.9 Å². The Bertz CT molecular complexity index is 1650. The summed E-state index contributed by atoms with van der Waals surface area (Å²) in [6.07, 6.45) is 9.41. The first-order valence-corrected chi connectivity index (χ1v) is 34.6. The molecule has 1 amide bonds. The van der Waals surface area contributed by atoms with Crippen molar-refractivity contribution >= 4 is 43.0 Å². The van der Waals surface area contributed by atoms with Crippen molar-refractivity contribution in [2.75, 3.05) is 26.2 Å². The van der Waals surface area contributed by atoms with E-state index in [4.69, 9.17) is 32.2 Å². The summed E-state index contributed by atoms with van der Waals surface area (Å²) in [5.41, 5.74) is -0.481. The molecule has 0 saturated carbocycles. The normalized spacial score (nSPS) is 26.0. The molecule has 2 fully saturated rings. The SMILES string of the molecule is CC[C@H](O[Si](CC)(CC)CC)[C@@H](C)[C@H]1O[C@H]1[C@@](C)(OC(C)=O)[C@@](C)(/C=C/C(C)=C(\C)[C@H]1C/C=C/[C@H](OC(=O)N2CCNCC2)CCC[C@@H](O[Si](CC)(CC)CC)CC(=O)O1)O[Si](CC)(CC)CC. The summed E-state index contributed by atoms with van der Waals surface area (Å²) >= 11 is 0. The second-order valence-corrected chi connectivity index (χ2v) is 34.6. The number of hydrogen-bond acceptors (Lipinski definition) is 11. The molecule has 0 aromatic heterocycles. The summed E-state index contributed by atoms with van der Waals surface area (Å²) in [6, 6.07) is 8.86. The fourth-order valence-electron chi connectivity index (χ4n) is 10.6. The Balaban J connectivity index is 2.11. The van der Waals surface area contributed by atoms with E-state index in [0.29, 0.717) is 32.4 Å². The van der Waals surface area contributed by atoms with Gasteiger partial charge in [0.15, 0.2) is 30.6 Å². The second-order valence-electron chi connectivity index (χ2n) is 20.5. The van der Waals surface area contributed by atoms with E-state index in [-0.39, 0.29) is 42.7 Å². The molecule has 3 heterocycles. The van der Waals surface area contributed by atoms with Crippen molar-refractivity contribution in [2.24, 2.45) is 5.92 Å². The van der Waals surface area contributed by atoms with E-state index in [2.05, 4.69) is 101 Å². The molecule has 392 valence electrons. The minimum absolute atomic E-state index is 0.0256. The number of esters is 2. The van der Waals surface area contributed by atoms with Crippen LogP contribution < -0.4 is 5.32 Å². The third kappa shape index (κ3) is 15.7. The van der Waals surface area contributed by atoms with Gasteiger partial charge in [0, 0.05) is 51.5 Å². The molecule has 3 rings (SSSR count). The number of ether oxygens (including phenoxy) is 4. The molecule has 68 heavy (non-hydrogen) atoms. The first kappa shape index (κ1) is 60.2. The zero-order chi connectivity index (χ0) is 50.9. The van der Waals surface area contributed by atoms with Gasteiger partial charge in [-0.25, -0.2) is 4.79 Å². The number of piperazine rings is 1. The Labute approximate surface area is 417 Å². The van der Waals surface area contributed by atoms with Gasteiger partial charge in [0.05, 0.1) is 18.6 Å². The van der Waals surface area contributed by atoms with Crippen molar-refractivity contribution in [3.63, 3.8) is 0 Å². The molecular formula is C53H98N2O10Si3. The fourth-order valence-corrected chi connectivity index (χ4v) is 19.6. The zero-order valence-electron chi connectivity index (χ0n) is 45.8. The van der Waals surface area contributed by atoms with E-state index in [1.807, 2.05) is 32.9 Å². The first-order chi connectivity index (χ1) is 32.2. The Morgan fingerprint density at radius 2 is 1.43 bits per heavy atom. The van der Waals surface area contributed by atoms with Gasteiger partial charge in [-0.3, -0.25) is 9.59 Å². The minimum Gasteiger partial charge on any atom is -0.457 e. The highest BCUT2D eigenvalue weighted by atomic mass is 28.4. The Morgan fingerprint density at radius 3 is 1.96 bits per heavy atom. The van der Waals surface area contributed by atoms with Crippen molar-refractivity contribution < 1.29 is 46.6 Å². The molecule has 9 atom stereocenters. The van der Waals surface area contributed by atoms with Crippen LogP contribution in [-0.4, -0.2) is 122 Å². The zero-order valence-corrected chi connectivity index (χ0v) is 48.8. The molecule has 0 aliphatic carbocycles. The molecular weight excluding hydrogens is 909 g/mol. The van der Waals surface area contributed by atoms with Crippen molar-refractivity contribution in [2.45, 2.75) is 252 Å². The number of cyclic esters (lactones) is 1. The van der Waals surface area contributed by atoms with Gasteiger partial charge >= 0.3 is 18.0 Å². The van der Waals surface area contributed by atoms with Gasteiger partial charge in [-0.2, -0.15) is 0 Å². The molecule has 0 aromatic carbocycles. The maximum Gasteiger partial charge on any atom is 0.410 e. The molecule has 3 aliphatic rings. The van der Waals surface area contributed by atoms with Crippen molar-refractivity contribution in [3.05, 3.63) is 35.5 Å². The number of nitrogens with one attached hydrogen (secondary N) is 1. The van der Waals surface area contributed by atoms with Crippen LogP contribution >= 0.6 is 0 Å². The monoisotopic (exact) mass is 1010 g/mol. The molecule has 1 N–H and O–H groups in total. The molecule has 12 nitrogen and oxygen atoms in total. The number of amides is 1. The lowest BCUT2D eigenvalue weighted by molar-refractivity contribution is -0.179. The first-order valence-electron chi connectivity index (χ1n) is 27.0. The van der Waals surface area contributed by atoms with Gasteiger partial charge < -0.3 is 42.4 Å². The number of nitrogens with zero attached hydrogens (tertiary/aromatic N) is 1. The van der Waals surface area contributed by atoms with E-state index >= 15 is 0 Å². The number of epoxide rings is 1. The van der Waals surface area contributed by atoms with Crippen LogP contribution in [0.15, 0.2) is 35.5 Å². The van der Waals surface area contributed by atoms with E-state index < -0.39 is 60.4 Å². The summed E-state index contributed by atoms with van der Waals surface area (Å²) in [5.74, 6) is -0.601. The predicted octanol–water partition coefficient (Wildman–Crippen LogP) is 12.4. The summed E-state index contributed by atoms with van der Waals surface area (Å²) in [5, 5.41) is 3.31. The van der Waals surface area contributed by atoms with Crippen molar-refractivity contribution in [3.8, 4) is 0 Å². The predicted molar refractivity (Wildman–Crippen MR) is 283 cm³/mol. The maximum absolute atomic E-state index is 14.0. The lowest BCUT2D eigenvalue weighted by atomic mass is 9.78. The largest absolute Gasteiger partial charge is 0.457 e. The average molecular weight is 1010 g/mol. The molecule has 3 aliphatic heterocycles.